The molecule has 2 N–H and O–H groups in total. The number of thiazole rings is 1. The van der Waals surface area contributed by atoms with Gasteiger partial charge < -0.3 is 14.9 Å². The Bertz CT molecular complexity index is 1710. The maximum atomic E-state index is 13.3. The van der Waals surface area contributed by atoms with Gasteiger partial charge in [0.25, 0.3) is 5.56 Å². The van der Waals surface area contributed by atoms with Crippen LogP contribution in [0.5, 0.6) is 11.5 Å². The summed E-state index contributed by atoms with van der Waals surface area (Å²) in [6, 6.07) is 18.6. The van der Waals surface area contributed by atoms with E-state index < -0.39 is 11.9 Å². The van der Waals surface area contributed by atoms with Crippen LogP contribution in [0.25, 0.3) is 22.3 Å². The molecule has 0 saturated heterocycles. The smallest absolute Gasteiger partial charge is 0.274 e. The van der Waals surface area contributed by atoms with Gasteiger partial charge in [-0.25, -0.2) is 9.38 Å². The minimum absolute atomic E-state index is 0.107. The van der Waals surface area contributed by atoms with Crippen molar-refractivity contribution in [2.24, 2.45) is 0 Å². The number of hydrogen-bond acceptors (Lipinski definition) is 7. The number of aromatic hydroxyl groups is 1. The monoisotopic (exact) mass is 518 g/mol. The number of imidazole rings is 1. The first-order chi connectivity index (χ1) is 17.4. The molecule has 5 aromatic rings. The maximum absolute atomic E-state index is 13.3. The first kappa shape index (κ1) is 23.7. The SMILES string of the molecule is COc1cc(/C=c2\sc3ncc(-c4cccc(C(O)C(=O)c5ccccc5)c4)n3c2=O)cc(Cl)c1O. The number of ether oxygens (including phenoxy) is 1. The number of aromatic nitrogens is 2. The fraction of sp³-hybridized carbons (Fsp3) is 0.0741. The van der Waals surface area contributed by atoms with E-state index in [1.165, 1.54) is 28.9 Å². The van der Waals surface area contributed by atoms with Gasteiger partial charge in [0.2, 0.25) is 0 Å². The van der Waals surface area contributed by atoms with Gasteiger partial charge in [-0.05, 0) is 35.4 Å². The second kappa shape index (κ2) is 9.58. The summed E-state index contributed by atoms with van der Waals surface area (Å²) in [5, 5.41) is 20.8. The summed E-state index contributed by atoms with van der Waals surface area (Å²) >= 11 is 7.29. The van der Waals surface area contributed by atoms with Crippen molar-refractivity contribution in [3.05, 3.63) is 110 Å². The van der Waals surface area contributed by atoms with Crippen LogP contribution >= 0.6 is 22.9 Å². The van der Waals surface area contributed by atoms with E-state index in [4.69, 9.17) is 16.3 Å². The van der Waals surface area contributed by atoms with E-state index in [0.29, 0.717) is 37.4 Å². The molecule has 2 heterocycles. The lowest BCUT2D eigenvalue weighted by Crippen LogP contribution is -2.23. The van der Waals surface area contributed by atoms with Gasteiger partial charge in [-0.1, -0.05) is 71.5 Å². The number of ketones is 1. The fourth-order valence-corrected chi connectivity index (χ4v) is 5.08. The molecule has 36 heavy (non-hydrogen) atoms. The highest BCUT2D eigenvalue weighted by Crippen LogP contribution is 2.35. The first-order valence-corrected chi connectivity index (χ1v) is 12.0. The van der Waals surface area contributed by atoms with Crippen molar-refractivity contribution in [1.82, 2.24) is 9.38 Å². The van der Waals surface area contributed by atoms with Crippen LogP contribution in [-0.2, 0) is 0 Å². The second-order valence-corrected chi connectivity index (χ2v) is 9.41. The number of nitrogens with zero attached hydrogens (tertiary/aromatic N) is 2. The van der Waals surface area contributed by atoms with Crippen molar-refractivity contribution >= 4 is 39.8 Å². The minimum atomic E-state index is -1.34. The number of benzene rings is 3. The molecule has 0 aliphatic rings. The summed E-state index contributed by atoms with van der Waals surface area (Å²) in [6.07, 6.45) is 1.89. The molecule has 0 spiro atoms. The average molecular weight is 519 g/mol. The van der Waals surface area contributed by atoms with Crippen molar-refractivity contribution < 1.29 is 19.7 Å². The predicted octanol–water partition coefficient (Wildman–Crippen LogP) is 4.25. The highest BCUT2D eigenvalue weighted by Gasteiger charge is 2.20. The van der Waals surface area contributed by atoms with Crippen LogP contribution in [-0.4, -0.2) is 32.5 Å². The normalized spacial score (nSPS) is 12.7. The number of hydrogen-bond donors (Lipinski definition) is 2. The third-order valence-corrected chi connectivity index (χ3v) is 6.99. The molecule has 0 aliphatic heterocycles. The van der Waals surface area contributed by atoms with E-state index in [1.54, 1.807) is 72.9 Å². The lowest BCUT2D eigenvalue weighted by atomic mass is 9.98. The van der Waals surface area contributed by atoms with Crippen LogP contribution in [0, 0.1) is 0 Å². The standard InChI is InChI=1S/C27H19ClN2O5S/c1-35-21-11-15(10-19(28)25(21)33)12-22-26(34)30-20(14-29-27(30)36-22)17-8-5-9-18(13-17)24(32)23(31)16-6-3-2-4-7-16/h2-14,24,32-33H,1H3/b22-12-. The number of phenols is 1. The molecular weight excluding hydrogens is 500 g/mol. The van der Waals surface area contributed by atoms with E-state index in [0.717, 1.165) is 0 Å². The zero-order valence-corrected chi connectivity index (χ0v) is 20.5. The van der Waals surface area contributed by atoms with Crippen LogP contribution in [0.2, 0.25) is 5.02 Å². The lowest BCUT2D eigenvalue weighted by molar-refractivity contribution is 0.0747. The molecule has 9 heteroatoms. The number of rotatable bonds is 6. The van der Waals surface area contributed by atoms with Gasteiger partial charge in [0.05, 0.1) is 28.6 Å². The first-order valence-electron chi connectivity index (χ1n) is 10.8. The molecule has 0 amide bonds. The second-order valence-electron chi connectivity index (χ2n) is 7.99. The van der Waals surface area contributed by atoms with Crippen molar-refractivity contribution in [2.45, 2.75) is 6.10 Å². The third-order valence-electron chi connectivity index (χ3n) is 5.72. The molecular formula is C27H19ClN2O5S. The molecule has 0 bridgehead atoms. The molecule has 0 radical (unpaired) electrons. The Hall–Kier alpha value is -3.98. The Balaban J connectivity index is 1.55. The van der Waals surface area contributed by atoms with E-state index in [-0.39, 0.29) is 22.1 Å². The van der Waals surface area contributed by atoms with Crippen LogP contribution in [0.15, 0.2) is 77.7 Å². The number of carbonyl (C=O) groups excluding carboxylic acids is 1. The molecule has 2 aromatic heterocycles. The quantitative estimate of drug-likeness (QED) is 0.326. The lowest BCUT2D eigenvalue weighted by Gasteiger charge is -2.11. The van der Waals surface area contributed by atoms with Gasteiger partial charge in [-0.2, -0.15) is 0 Å². The van der Waals surface area contributed by atoms with E-state index in [1.807, 2.05) is 0 Å². The number of Topliss-reactive ketones (excluding diaryl/α,β-unsaturated/α-hetero) is 1. The number of phenolic OH excluding ortho intramolecular Hbond substituents is 1. The number of aliphatic hydroxyl groups excluding tert-OH is 1. The number of methoxy groups -OCH3 is 1. The number of halogens is 1. The van der Waals surface area contributed by atoms with Crippen LogP contribution in [0.4, 0.5) is 0 Å². The van der Waals surface area contributed by atoms with Gasteiger partial charge in [0.15, 0.2) is 22.2 Å². The Morgan fingerprint density at radius 1 is 1.14 bits per heavy atom. The molecule has 1 atom stereocenters. The Morgan fingerprint density at radius 3 is 2.67 bits per heavy atom. The minimum Gasteiger partial charge on any atom is -0.503 e. The van der Waals surface area contributed by atoms with Gasteiger partial charge in [-0.15, -0.1) is 0 Å². The molecule has 0 aliphatic carbocycles. The summed E-state index contributed by atoms with van der Waals surface area (Å²) in [5.41, 5.74) is 2.30. The highest BCUT2D eigenvalue weighted by atomic mass is 35.5. The van der Waals surface area contributed by atoms with E-state index in [2.05, 4.69) is 4.98 Å². The van der Waals surface area contributed by atoms with Gasteiger partial charge in [0.1, 0.15) is 6.10 Å². The van der Waals surface area contributed by atoms with Gasteiger partial charge >= 0.3 is 0 Å². The van der Waals surface area contributed by atoms with Crippen LogP contribution in [0.1, 0.15) is 27.6 Å². The summed E-state index contributed by atoms with van der Waals surface area (Å²) in [6.45, 7) is 0. The molecule has 1 unspecified atom stereocenters. The highest BCUT2D eigenvalue weighted by molar-refractivity contribution is 7.15. The number of aliphatic hydroxyl groups is 1. The van der Waals surface area contributed by atoms with Gasteiger partial charge in [0, 0.05) is 11.1 Å². The molecule has 180 valence electrons. The summed E-state index contributed by atoms with van der Waals surface area (Å²) in [5.74, 6) is -0.385. The summed E-state index contributed by atoms with van der Waals surface area (Å²) in [7, 11) is 1.41. The maximum Gasteiger partial charge on any atom is 0.274 e. The van der Waals surface area contributed by atoms with Crippen molar-refractivity contribution in [2.75, 3.05) is 7.11 Å². The van der Waals surface area contributed by atoms with Gasteiger partial charge in [-0.3, -0.25) is 9.59 Å². The average Bonchev–Trinajstić information content (AvgIpc) is 3.45. The third kappa shape index (κ3) is 4.26. The zero-order chi connectivity index (χ0) is 25.4. The van der Waals surface area contributed by atoms with E-state index >= 15 is 0 Å². The molecule has 0 fully saturated rings. The van der Waals surface area contributed by atoms with Crippen molar-refractivity contribution in [3.63, 3.8) is 0 Å². The summed E-state index contributed by atoms with van der Waals surface area (Å²) < 4.78 is 7.04. The van der Waals surface area contributed by atoms with Crippen LogP contribution in [0.3, 0.4) is 0 Å². The number of carbonyl (C=O) groups is 1. The van der Waals surface area contributed by atoms with Crippen LogP contribution < -0.4 is 14.8 Å². The molecule has 7 nitrogen and oxygen atoms in total. The largest absolute Gasteiger partial charge is 0.503 e. The molecule has 3 aromatic carbocycles. The van der Waals surface area contributed by atoms with Crippen molar-refractivity contribution in [1.29, 1.82) is 0 Å². The fourth-order valence-electron chi connectivity index (χ4n) is 3.91. The topological polar surface area (TPSA) is 101 Å². The molecule has 0 saturated carbocycles. The van der Waals surface area contributed by atoms with E-state index in [9.17, 15) is 19.8 Å². The zero-order valence-electron chi connectivity index (χ0n) is 18.9. The Kier molecular flexibility index (Phi) is 6.32. The molecule has 5 rings (SSSR count). The van der Waals surface area contributed by atoms with Crippen molar-refractivity contribution in [3.8, 4) is 22.8 Å². The number of fused-ring (bicyclic) bond motifs is 1. The Labute approximate surface area is 214 Å². The Morgan fingerprint density at radius 2 is 1.92 bits per heavy atom. The summed E-state index contributed by atoms with van der Waals surface area (Å²) in [4.78, 5) is 30.9. The predicted molar refractivity (Wildman–Crippen MR) is 139 cm³/mol.